The van der Waals surface area contributed by atoms with Gasteiger partial charge in [0.25, 0.3) is 5.91 Å². The smallest absolute Gasteiger partial charge is 0.265 e. The fourth-order valence-electron chi connectivity index (χ4n) is 2.88. The zero-order valence-electron chi connectivity index (χ0n) is 12.0. The minimum absolute atomic E-state index is 0.104. The number of anilines is 1. The normalized spacial score (nSPS) is 16.1. The minimum atomic E-state index is -0.462. The van der Waals surface area contributed by atoms with Gasteiger partial charge in [-0.05, 0) is 23.1 Å². The Morgan fingerprint density at radius 1 is 0.955 bits per heavy atom. The summed E-state index contributed by atoms with van der Waals surface area (Å²) in [5.74, 6) is 0.702. The Hall–Kier alpha value is -2.81. The Bertz CT molecular complexity index is 826. The number of ether oxygens (including phenoxy) is 1. The van der Waals surface area contributed by atoms with Gasteiger partial charge in [0.15, 0.2) is 6.10 Å². The zero-order chi connectivity index (χ0) is 14.9. The van der Waals surface area contributed by atoms with Crippen LogP contribution in [0.15, 0.2) is 66.7 Å². The van der Waals surface area contributed by atoms with Crippen LogP contribution in [0.1, 0.15) is 5.56 Å². The molecular weight excluding hydrogens is 274 g/mol. The van der Waals surface area contributed by atoms with Crippen molar-refractivity contribution in [1.29, 1.82) is 0 Å². The maximum absolute atomic E-state index is 12.5. The second kappa shape index (κ2) is 5.19. The van der Waals surface area contributed by atoms with Crippen molar-refractivity contribution < 1.29 is 9.53 Å². The molecule has 0 aromatic heterocycles. The Morgan fingerprint density at radius 2 is 1.73 bits per heavy atom. The highest BCUT2D eigenvalue weighted by atomic mass is 16.5. The molecule has 108 valence electrons. The lowest BCUT2D eigenvalue weighted by Gasteiger charge is -2.13. The lowest BCUT2D eigenvalue weighted by molar-refractivity contribution is -0.122. The van der Waals surface area contributed by atoms with E-state index in [9.17, 15) is 4.79 Å². The molecule has 1 N–H and O–H groups in total. The minimum Gasteiger partial charge on any atom is -0.480 e. The quantitative estimate of drug-likeness (QED) is 0.779. The van der Waals surface area contributed by atoms with Crippen LogP contribution in [0.3, 0.4) is 0 Å². The van der Waals surface area contributed by atoms with Crippen LogP contribution in [0.2, 0.25) is 0 Å². The third-order valence-electron chi connectivity index (χ3n) is 3.99. The average Bonchev–Trinajstić information content (AvgIpc) is 2.99. The van der Waals surface area contributed by atoms with Gasteiger partial charge in [0.2, 0.25) is 0 Å². The molecule has 1 amide bonds. The van der Waals surface area contributed by atoms with Gasteiger partial charge in [-0.15, -0.1) is 0 Å². The number of fused-ring (bicyclic) bond motifs is 2. The molecule has 0 fully saturated rings. The van der Waals surface area contributed by atoms with E-state index in [2.05, 4.69) is 5.32 Å². The van der Waals surface area contributed by atoms with Crippen LogP contribution in [0, 0.1) is 0 Å². The van der Waals surface area contributed by atoms with E-state index in [1.165, 1.54) is 0 Å². The molecule has 0 saturated heterocycles. The van der Waals surface area contributed by atoms with Gasteiger partial charge in [-0.25, -0.2) is 0 Å². The second-order valence-electron chi connectivity index (χ2n) is 5.43. The van der Waals surface area contributed by atoms with Crippen molar-refractivity contribution in [3.8, 4) is 5.75 Å². The molecule has 1 unspecified atom stereocenters. The van der Waals surface area contributed by atoms with E-state index in [0.29, 0.717) is 6.42 Å². The standard InChI is InChI=1S/C19H15NO2/c21-19(18-12-14-7-2-4-11-17(14)22-18)20-16-10-5-8-13-6-1-3-9-15(13)16/h1-11,18H,12H2,(H,20,21). The number of amides is 1. The van der Waals surface area contributed by atoms with Crippen molar-refractivity contribution in [2.75, 3.05) is 5.32 Å². The molecule has 0 saturated carbocycles. The maximum atomic E-state index is 12.5. The number of hydrogen-bond donors (Lipinski definition) is 1. The summed E-state index contributed by atoms with van der Waals surface area (Å²) in [5.41, 5.74) is 1.91. The third kappa shape index (κ3) is 2.21. The monoisotopic (exact) mass is 289 g/mol. The van der Waals surface area contributed by atoms with Crippen molar-refractivity contribution in [3.63, 3.8) is 0 Å². The van der Waals surface area contributed by atoms with Crippen LogP contribution in [0.5, 0.6) is 5.75 Å². The summed E-state index contributed by atoms with van der Waals surface area (Å²) in [6.07, 6.45) is 0.156. The van der Waals surface area contributed by atoms with E-state index < -0.39 is 6.10 Å². The third-order valence-corrected chi connectivity index (χ3v) is 3.99. The number of para-hydroxylation sites is 1. The van der Waals surface area contributed by atoms with E-state index >= 15 is 0 Å². The number of carbonyl (C=O) groups excluding carboxylic acids is 1. The summed E-state index contributed by atoms with van der Waals surface area (Å²) in [6, 6.07) is 21.7. The number of rotatable bonds is 2. The first-order valence-electron chi connectivity index (χ1n) is 7.34. The summed E-state index contributed by atoms with van der Waals surface area (Å²) < 4.78 is 5.74. The molecule has 3 heteroatoms. The summed E-state index contributed by atoms with van der Waals surface area (Å²) in [5, 5.41) is 5.14. The average molecular weight is 289 g/mol. The molecule has 1 heterocycles. The van der Waals surface area contributed by atoms with Crippen molar-refractivity contribution in [3.05, 3.63) is 72.3 Å². The first kappa shape index (κ1) is 12.9. The Labute approximate surface area is 128 Å². The molecule has 4 rings (SSSR count). The van der Waals surface area contributed by atoms with E-state index in [1.807, 2.05) is 66.7 Å². The summed E-state index contributed by atoms with van der Waals surface area (Å²) in [7, 11) is 0. The molecule has 1 atom stereocenters. The van der Waals surface area contributed by atoms with E-state index in [-0.39, 0.29) is 5.91 Å². The van der Waals surface area contributed by atoms with Gasteiger partial charge in [0.1, 0.15) is 5.75 Å². The SMILES string of the molecule is O=C(Nc1cccc2ccccc12)C1Cc2ccccc2O1. The van der Waals surface area contributed by atoms with Gasteiger partial charge in [0.05, 0.1) is 0 Å². The number of benzene rings is 3. The lowest BCUT2D eigenvalue weighted by Crippen LogP contribution is -2.31. The van der Waals surface area contributed by atoms with E-state index in [4.69, 9.17) is 4.74 Å². The highest BCUT2D eigenvalue weighted by Gasteiger charge is 2.28. The van der Waals surface area contributed by atoms with Crippen molar-refractivity contribution in [2.24, 2.45) is 0 Å². The summed E-state index contributed by atoms with van der Waals surface area (Å²) >= 11 is 0. The lowest BCUT2D eigenvalue weighted by atomic mass is 10.1. The summed E-state index contributed by atoms with van der Waals surface area (Å²) in [4.78, 5) is 12.5. The predicted octanol–water partition coefficient (Wildman–Crippen LogP) is 3.78. The molecule has 0 spiro atoms. The Balaban J connectivity index is 1.58. The van der Waals surface area contributed by atoms with Crippen LogP contribution >= 0.6 is 0 Å². The zero-order valence-corrected chi connectivity index (χ0v) is 12.0. The van der Waals surface area contributed by atoms with Gasteiger partial charge in [0, 0.05) is 17.5 Å². The Kier molecular flexibility index (Phi) is 3.04. The fourth-order valence-corrected chi connectivity index (χ4v) is 2.88. The van der Waals surface area contributed by atoms with Crippen LogP contribution in [-0.2, 0) is 11.2 Å². The molecule has 3 nitrogen and oxygen atoms in total. The first-order valence-corrected chi connectivity index (χ1v) is 7.34. The van der Waals surface area contributed by atoms with Gasteiger partial charge in [-0.1, -0.05) is 54.6 Å². The largest absolute Gasteiger partial charge is 0.480 e. The van der Waals surface area contributed by atoms with Gasteiger partial charge in [-0.2, -0.15) is 0 Å². The van der Waals surface area contributed by atoms with Crippen molar-refractivity contribution in [1.82, 2.24) is 0 Å². The van der Waals surface area contributed by atoms with E-state index in [0.717, 1.165) is 27.8 Å². The molecule has 1 aliphatic rings. The Morgan fingerprint density at radius 3 is 2.64 bits per heavy atom. The van der Waals surface area contributed by atoms with Gasteiger partial charge < -0.3 is 10.1 Å². The number of hydrogen-bond acceptors (Lipinski definition) is 2. The highest BCUT2D eigenvalue weighted by Crippen LogP contribution is 2.29. The predicted molar refractivity (Wildman–Crippen MR) is 87.1 cm³/mol. The molecule has 0 bridgehead atoms. The highest BCUT2D eigenvalue weighted by molar-refractivity contribution is 6.03. The van der Waals surface area contributed by atoms with Gasteiger partial charge in [-0.3, -0.25) is 4.79 Å². The van der Waals surface area contributed by atoms with E-state index in [1.54, 1.807) is 0 Å². The molecule has 22 heavy (non-hydrogen) atoms. The molecule has 0 aliphatic carbocycles. The second-order valence-corrected chi connectivity index (χ2v) is 5.43. The molecule has 3 aromatic carbocycles. The van der Waals surface area contributed by atoms with Crippen LogP contribution in [0.25, 0.3) is 10.8 Å². The van der Waals surface area contributed by atoms with Crippen molar-refractivity contribution in [2.45, 2.75) is 12.5 Å². The first-order chi connectivity index (χ1) is 10.8. The van der Waals surface area contributed by atoms with Crippen molar-refractivity contribution >= 4 is 22.4 Å². The topological polar surface area (TPSA) is 38.3 Å². The summed E-state index contributed by atoms with van der Waals surface area (Å²) in [6.45, 7) is 0. The number of carbonyl (C=O) groups is 1. The van der Waals surface area contributed by atoms with Crippen LogP contribution in [0.4, 0.5) is 5.69 Å². The number of nitrogens with one attached hydrogen (secondary N) is 1. The molecular formula is C19H15NO2. The fraction of sp³-hybridized carbons (Fsp3) is 0.105. The van der Waals surface area contributed by atoms with Crippen LogP contribution in [-0.4, -0.2) is 12.0 Å². The van der Waals surface area contributed by atoms with Gasteiger partial charge >= 0.3 is 0 Å². The molecule has 1 aliphatic heterocycles. The molecule has 0 radical (unpaired) electrons. The van der Waals surface area contributed by atoms with Crippen LogP contribution < -0.4 is 10.1 Å². The maximum Gasteiger partial charge on any atom is 0.265 e. The molecule has 3 aromatic rings.